The summed E-state index contributed by atoms with van der Waals surface area (Å²) < 4.78 is 28.6. The summed E-state index contributed by atoms with van der Waals surface area (Å²) in [5, 5.41) is 23.7. The molecule has 0 bridgehead atoms. The first-order valence-electron chi connectivity index (χ1n) is 22.1. The number of hydrogen-bond acceptors (Lipinski definition) is 13. The molecule has 8 rings (SSSR count). The molecule has 1 atom stereocenters. The summed E-state index contributed by atoms with van der Waals surface area (Å²) in [4.78, 5) is 60.2. The number of rotatable bonds is 21. The van der Waals surface area contributed by atoms with Gasteiger partial charge in [0.15, 0.2) is 16.7 Å². The molecule has 4 N–H and O–H groups in total. The topological polar surface area (TPSA) is 195 Å². The number of benzene rings is 2. The molecular weight excluding hydrogens is 875 g/mol. The minimum absolute atomic E-state index is 0.0399. The molecule has 4 amide bonds. The quantitative estimate of drug-likeness (QED) is 0.0448. The van der Waals surface area contributed by atoms with Crippen LogP contribution in [-0.2, 0) is 44.0 Å². The lowest BCUT2D eigenvalue weighted by Gasteiger charge is -2.38. The van der Waals surface area contributed by atoms with Crippen molar-refractivity contribution in [2.75, 3.05) is 36.9 Å². The second-order valence-corrected chi connectivity index (χ2v) is 18.0. The molecule has 5 heterocycles. The van der Waals surface area contributed by atoms with E-state index in [0.717, 1.165) is 60.0 Å². The fraction of sp³-hybridized carbons (Fsp3) is 0.435. The normalized spacial score (nSPS) is 19.5. The highest BCUT2D eigenvalue weighted by molar-refractivity contribution is 7.13. The fourth-order valence-electron chi connectivity index (χ4n) is 8.66. The van der Waals surface area contributed by atoms with Gasteiger partial charge < -0.3 is 30.3 Å². The Kier molecular flexibility index (Phi) is 15.1. The highest BCUT2D eigenvalue weighted by atomic mass is 35.5. The Hall–Kier alpha value is -5.82. The van der Waals surface area contributed by atoms with E-state index in [1.165, 1.54) is 22.3 Å². The Labute approximate surface area is 385 Å². The molecule has 65 heavy (non-hydrogen) atoms. The van der Waals surface area contributed by atoms with E-state index in [0.29, 0.717) is 69.8 Å². The smallest absolute Gasteiger partial charge is 0.255 e. The van der Waals surface area contributed by atoms with Crippen molar-refractivity contribution in [1.29, 1.82) is 0 Å². The highest BCUT2D eigenvalue weighted by Gasteiger charge is 2.41. The Morgan fingerprint density at radius 3 is 2.69 bits per heavy atom. The SMILES string of the molecule is O=C1CCC(N2Cc3cc(NC(=O)CCNCCCOCCCCn4cc(C5(Cc6cccc(Nc7nccs7)n6)CCC(Oc6cccc(Cl)c6F)CC5)nn4)ccc3C2=O)C(=O)N1. The number of thiazole rings is 1. The number of pyridine rings is 1. The largest absolute Gasteiger partial charge is 0.487 e. The lowest BCUT2D eigenvalue weighted by Crippen LogP contribution is -2.52. The summed E-state index contributed by atoms with van der Waals surface area (Å²) in [5.41, 5.74) is 3.31. The van der Waals surface area contributed by atoms with E-state index in [2.05, 4.69) is 37.7 Å². The van der Waals surface area contributed by atoms with Gasteiger partial charge in [-0.1, -0.05) is 28.9 Å². The van der Waals surface area contributed by atoms with Gasteiger partial charge in [0, 0.05) is 92.2 Å². The highest BCUT2D eigenvalue weighted by Crippen LogP contribution is 2.43. The summed E-state index contributed by atoms with van der Waals surface area (Å²) in [7, 11) is 0. The second-order valence-electron chi connectivity index (χ2n) is 16.7. The lowest BCUT2D eigenvalue weighted by atomic mass is 9.68. The molecule has 342 valence electrons. The minimum Gasteiger partial charge on any atom is -0.487 e. The van der Waals surface area contributed by atoms with Crippen molar-refractivity contribution in [3.05, 3.63) is 106 Å². The zero-order valence-corrected chi connectivity index (χ0v) is 37.5. The van der Waals surface area contributed by atoms with Crippen LogP contribution >= 0.6 is 22.9 Å². The first kappa shape index (κ1) is 45.7. The number of carbonyl (C=O) groups excluding carboxylic acids is 4. The summed E-state index contributed by atoms with van der Waals surface area (Å²) in [6.07, 6.45) is 10.5. The van der Waals surface area contributed by atoms with Gasteiger partial charge in [-0.2, -0.15) is 0 Å². The number of nitrogens with one attached hydrogen (secondary N) is 4. The number of hydrogen-bond donors (Lipinski definition) is 4. The van der Waals surface area contributed by atoms with E-state index in [1.807, 2.05) is 28.3 Å². The average Bonchev–Trinajstić information content (AvgIpc) is 4.07. The number of halogens is 2. The molecule has 1 saturated heterocycles. The molecule has 2 aliphatic heterocycles. The standard InChI is InChI=1S/C46H52ClFN10O6S/c47-35-7-4-8-37(42(35)48)64-33-14-17-46(18-15-33,27-32-6-3-9-39(51-32)53-45-50-21-25-65-45)38-29-57(56-55-38)22-1-2-23-63-24-5-19-49-20-16-41(60)52-31-10-11-34-30(26-31)28-58(44(34)62)36-12-13-40(59)54-43(36)61/h3-4,6-11,21,25-26,29,33,36,49H,1-2,5,12-20,22-24,27-28H2,(H,52,60)(H,50,51,53)(H,54,59,61). The van der Waals surface area contributed by atoms with Gasteiger partial charge in [-0.05, 0) is 106 Å². The zero-order valence-electron chi connectivity index (χ0n) is 35.9. The van der Waals surface area contributed by atoms with Crippen LogP contribution in [-0.4, -0.2) is 91.9 Å². The van der Waals surface area contributed by atoms with Crippen molar-refractivity contribution in [3.63, 3.8) is 0 Å². The van der Waals surface area contributed by atoms with Crippen LogP contribution in [0.1, 0.15) is 91.5 Å². The van der Waals surface area contributed by atoms with E-state index in [4.69, 9.17) is 31.2 Å². The molecular formula is C46H52ClFN10O6S. The number of aromatic nitrogens is 5. The third kappa shape index (κ3) is 11.7. The Bertz CT molecular complexity index is 2460. The van der Waals surface area contributed by atoms with Crippen molar-refractivity contribution in [1.82, 2.24) is 40.5 Å². The van der Waals surface area contributed by atoms with Gasteiger partial charge in [0.2, 0.25) is 17.7 Å². The molecule has 2 fully saturated rings. The molecule has 19 heteroatoms. The number of anilines is 3. The molecule has 1 saturated carbocycles. The maximum absolute atomic E-state index is 14.7. The van der Waals surface area contributed by atoms with Crippen molar-refractivity contribution in [2.24, 2.45) is 0 Å². The lowest BCUT2D eigenvalue weighted by molar-refractivity contribution is -0.137. The predicted octanol–water partition coefficient (Wildman–Crippen LogP) is 6.73. The maximum atomic E-state index is 14.7. The maximum Gasteiger partial charge on any atom is 0.255 e. The summed E-state index contributed by atoms with van der Waals surface area (Å²) in [6, 6.07) is 15.2. The average molecular weight is 928 g/mol. The number of piperidine rings is 1. The van der Waals surface area contributed by atoms with Gasteiger partial charge in [-0.15, -0.1) is 16.4 Å². The van der Waals surface area contributed by atoms with Crippen LogP contribution in [0.25, 0.3) is 0 Å². The van der Waals surface area contributed by atoms with E-state index < -0.39 is 17.8 Å². The van der Waals surface area contributed by atoms with Gasteiger partial charge in [0.05, 0.1) is 16.8 Å². The van der Waals surface area contributed by atoms with Crippen LogP contribution in [0.3, 0.4) is 0 Å². The predicted molar refractivity (Wildman–Crippen MR) is 243 cm³/mol. The molecule has 0 spiro atoms. The molecule has 1 aliphatic carbocycles. The summed E-state index contributed by atoms with van der Waals surface area (Å²) >= 11 is 7.54. The van der Waals surface area contributed by atoms with Gasteiger partial charge in [-0.25, -0.2) is 14.4 Å². The number of fused-ring (bicyclic) bond motifs is 1. The summed E-state index contributed by atoms with van der Waals surface area (Å²) in [5.74, 6) is -0.837. The number of unbranched alkanes of at least 4 members (excludes halogenated alkanes) is 1. The molecule has 0 radical (unpaired) electrons. The van der Waals surface area contributed by atoms with Crippen LogP contribution in [0, 0.1) is 5.82 Å². The van der Waals surface area contributed by atoms with Crippen molar-refractivity contribution in [2.45, 2.75) is 101 Å². The van der Waals surface area contributed by atoms with Gasteiger partial charge in [0.1, 0.15) is 11.9 Å². The molecule has 3 aliphatic rings. The number of amides is 4. The minimum atomic E-state index is -0.684. The monoisotopic (exact) mass is 926 g/mol. The third-order valence-electron chi connectivity index (χ3n) is 12.1. The Balaban J connectivity index is 0.735. The zero-order chi connectivity index (χ0) is 45.2. The van der Waals surface area contributed by atoms with Crippen LogP contribution in [0.15, 0.2) is 72.4 Å². The molecule has 16 nitrogen and oxygen atoms in total. The Morgan fingerprint density at radius 1 is 1.02 bits per heavy atom. The molecule has 5 aromatic rings. The van der Waals surface area contributed by atoms with Gasteiger partial charge >= 0.3 is 0 Å². The van der Waals surface area contributed by atoms with Crippen LogP contribution in [0.5, 0.6) is 5.75 Å². The van der Waals surface area contributed by atoms with Crippen LogP contribution in [0.2, 0.25) is 5.02 Å². The second kappa shape index (κ2) is 21.4. The van der Waals surface area contributed by atoms with Crippen molar-refractivity contribution in [3.8, 4) is 5.75 Å². The number of carbonyl (C=O) groups is 4. The van der Waals surface area contributed by atoms with Gasteiger partial charge in [0.25, 0.3) is 5.91 Å². The fourth-order valence-corrected chi connectivity index (χ4v) is 9.36. The van der Waals surface area contributed by atoms with E-state index in [9.17, 15) is 23.6 Å². The summed E-state index contributed by atoms with van der Waals surface area (Å²) in [6.45, 7) is 3.38. The van der Waals surface area contributed by atoms with Crippen LogP contribution < -0.4 is 26.0 Å². The first-order valence-corrected chi connectivity index (χ1v) is 23.4. The van der Waals surface area contributed by atoms with Gasteiger partial charge in [-0.3, -0.25) is 29.2 Å². The molecule has 1 unspecified atom stereocenters. The Morgan fingerprint density at radius 2 is 1.86 bits per heavy atom. The molecule has 2 aromatic carbocycles. The van der Waals surface area contributed by atoms with E-state index in [1.54, 1.807) is 36.5 Å². The molecule has 3 aromatic heterocycles. The van der Waals surface area contributed by atoms with Crippen molar-refractivity contribution >= 4 is 63.2 Å². The van der Waals surface area contributed by atoms with Crippen molar-refractivity contribution < 1.29 is 33.0 Å². The first-order chi connectivity index (χ1) is 31.6. The number of aryl methyl sites for hydroxylation is 1. The number of ether oxygens (including phenoxy) is 2. The number of imide groups is 1. The van der Waals surface area contributed by atoms with E-state index >= 15 is 0 Å². The van der Waals surface area contributed by atoms with E-state index in [-0.39, 0.29) is 59.4 Å². The third-order valence-corrected chi connectivity index (χ3v) is 13.1. The van der Waals surface area contributed by atoms with Crippen LogP contribution in [0.4, 0.5) is 21.0 Å². The number of nitrogens with zero attached hydrogens (tertiary/aromatic N) is 6.